The van der Waals surface area contributed by atoms with E-state index >= 15 is 0 Å². The Kier molecular flexibility index (Phi) is 6.35. The normalized spacial score (nSPS) is 16.0. The van der Waals surface area contributed by atoms with Crippen LogP contribution >= 0.6 is 11.3 Å². The highest BCUT2D eigenvalue weighted by Crippen LogP contribution is 2.37. The zero-order chi connectivity index (χ0) is 24.6. The second-order valence-electron chi connectivity index (χ2n) is 9.29. The number of fused-ring (bicyclic) bond motifs is 2. The molecule has 0 bridgehead atoms. The van der Waals surface area contributed by atoms with Crippen LogP contribution in [-0.2, 0) is 6.54 Å². The first kappa shape index (κ1) is 23.5. The maximum absolute atomic E-state index is 13.5. The standard InChI is InChI=1S/C26H27F2N5OS/c1-16-21-23(30-13-17-8-10-26(27,28)11-9-17)31-15-32-24(21)35-22(16)25(34)33(2)14-18-5-3-7-20-19(18)6-4-12-29-20/h3-7,12,15,17H,8-11,13-14H2,1-2H3,(H,30,31,32). The van der Waals surface area contributed by atoms with Crippen molar-refractivity contribution in [3.8, 4) is 0 Å². The molecular weight excluding hydrogens is 468 g/mol. The van der Waals surface area contributed by atoms with Gasteiger partial charge in [0.25, 0.3) is 5.91 Å². The molecule has 0 aliphatic heterocycles. The summed E-state index contributed by atoms with van der Waals surface area (Å²) in [6.07, 6.45) is 4.11. The molecule has 35 heavy (non-hydrogen) atoms. The predicted octanol–water partition coefficient (Wildman–Crippen LogP) is 6.06. The number of thiophene rings is 1. The summed E-state index contributed by atoms with van der Waals surface area (Å²) in [7, 11) is 1.80. The van der Waals surface area contributed by atoms with Crippen LogP contribution in [-0.4, -0.2) is 45.3 Å². The van der Waals surface area contributed by atoms with Crippen molar-refractivity contribution in [2.45, 2.75) is 45.1 Å². The van der Waals surface area contributed by atoms with Gasteiger partial charge in [0.05, 0.1) is 15.8 Å². The van der Waals surface area contributed by atoms with Crippen molar-refractivity contribution >= 4 is 44.2 Å². The summed E-state index contributed by atoms with van der Waals surface area (Å²) in [5, 5.41) is 5.20. The van der Waals surface area contributed by atoms with E-state index in [1.54, 1.807) is 18.1 Å². The number of amides is 1. The van der Waals surface area contributed by atoms with E-state index in [9.17, 15) is 13.6 Å². The van der Waals surface area contributed by atoms with Crippen LogP contribution < -0.4 is 5.32 Å². The minimum Gasteiger partial charge on any atom is -0.369 e. The molecule has 1 aliphatic rings. The average molecular weight is 496 g/mol. The molecule has 3 heterocycles. The Bertz CT molecular complexity index is 1370. The zero-order valence-corrected chi connectivity index (χ0v) is 20.5. The number of anilines is 1. The SMILES string of the molecule is Cc1c(C(=O)N(C)Cc2cccc3ncccc23)sc2ncnc(NCC3CCC(F)(F)CC3)c12. The Labute approximate surface area is 206 Å². The van der Waals surface area contributed by atoms with E-state index in [0.29, 0.717) is 36.6 Å². The van der Waals surface area contributed by atoms with Gasteiger partial charge in [-0.3, -0.25) is 9.78 Å². The fraction of sp³-hybridized carbons (Fsp3) is 0.385. The highest BCUT2D eigenvalue weighted by molar-refractivity contribution is 7.20. The Morgan fingerprint density at radius 2 is 1.97 bits per heavy atom. The number of nitrogens with one attached hydrogen (secondary N) is 1. The van der Waals surface area contributed by atoms with Crippen molar-refractivity contribution in [2.75, 3.05) is 18.9 Å². The first-order valence-corrected chi connectivity index (χ1v) is 12.6. The van der Waals surface area contributed by atoms with Crippen molar-refractivity contribution in [1.29, 1.82) is 0 Å². The first-order chi connectivity index (χ1) is 16.8. The molecule has 3 aromatic heterocycles. The molecule has 0 spiro atoms. The number of aromatic nitrogens is 3. The number of aryl methyl sites for hydroxylation is 1. The van der Waals surface area contributed by atoms with Crippen molar-refractivity contribution in [2.24, 2.45) is 5.92 Å². The van der Waals surface area contributed by atoms with Crippen molar-refractivity contribution in [3.05, 3.63) is 58.9 Å². The fourth-order valence-electron chi connectivity index (χ4n) is 4.76. The fourth-order valence-corrected chi connectivity index (χ4v) is 5.90. The van der Waals surface area contributed by atoms with Gasteiger partial charge in [0.1, 0.15) is 17.0 Å². The predicted molar refractivity (Wildman–Crippen MR) is 135 cm³/mol. The van der Waals surface area contributed by atoms with E-state index in [1.165, 1.54) is 17.7 Å². The summed E-state index contributed by atoms with van der Waals surface area (Å²) < 4.78 is 27.0. The van der Waals surface area contributed by atoms with E-state index in [2.05, 4.69) is 20.3 Å². The molecule has 9 heteroatoms. The van der Waals surface area contributed by atoms with Crippen molar-refractivity contribution in [1.82, 2.24) is 19.9 Å². The van der Waals surface area contributed by atoms with Crippen LogP contribution in [0.3, 0.4) is 0 Å². The molecule has 0 radical (unpaired) electrons. The summed E-state index contributed by atoms with van der Waals surface area (Å²) in [5.41, 5.74) is 2.77. The van der Waals surface area contributed by atoms with Crippen LogP contribution in [0.1, 0.15) is 46.5 Å². The van der Waals surface area contributed by atoms with Crippen LogP contribution in [0.25, 0.3) is 21.1 Å². The van der Waals surface area contributed by atoms with Crippen LogP contribution in [0, 0.1) is 12.8 Å². The Morgan fingerprint density at radius 3 is 2.77 bits per heavy atom. The van der Waals surface area contributed by atoms with E-state index in [-0.39, 0.29) is 24.7 Å². The molecule has 182 valence electrons. The molecule has 0 unspecified atom stereocenters. The third kappa shape index (κ3) is 4.82. The van der Waals surface area contributed by atoms with Crippen LogP contribution in [0.5, 0.6) is 0 Å². The minimum atomic E-state index is -2.54. The molecule has 1 fully saturated rings. The molecule has 1 saturated carbocycles. The second kappa shape index (κ2) is 9.45. The largest absolute Gasteiger partial charge is 0.369 e. The topological polar surface area (TPSA) is 71.0 Å². The Balaban J connectivity index is 1.35. The van der Waals surface area contributed by atoms with Gasteiger partial charge in [-0.2, -0.15) is 0 Å². The number of benzene rings is 1. The van der Waals surface area contributed by atoms with Crippen molar-refractivity contribution in [3.63, 3.8) is 0 Å². The van der Waals surface area contributed by atoms with Crippen molar-refractivity contribution < 1.29 is 13.6 Å². The third-order valence-electron chi connectivity index (χ3n) is 6.81. The molecule has 1 aromatic carbocycles. The van der Waals surface area contributed by atoms with E-state index in [0.717, 1.165) is 32.2 Å². The number of pyridine rings is 1. The Hall–Kier alpha value is -3.20. The van der Waals surface area contributed by atoms with Gasteiger partial charge in [-0.15, -0.1) is 11.3 Å². The molecule has 4 aromatic rings. The molecule has 1 amide bonds. The van der Waals surface area contributed by atoms with Gasteiger partial charge in [-0.25, -0.2) is 18.7 Å². The summed E-state index contributed by atoms with van der Waals surface area (Å²) in [6, 6.07) is 9.84. The number of carbonyl (C=O) groups is 1. The lowest BCUT2D eigenvalue weighted by Gasteiger charge is -2.28. The molecule has 1 N–H and O–H groups in total. The summed E-state index contributed by atoms with van der Waals surface area (Å²) >= 11 is 1.36. The van der Waals surface area contributed by atoms with E-state index in [4.69, 9.17) is 0 Å². The number of carbonyl (C=O) groups excluding carboxylic acids is 1. The van der Waals surface area contributed by atoms with Crippen LogP contribution in [0.2, 0.25) is 0 Å². The first-order valence-electron chi connectivity index (χ1n) is 11.8. The molecule has 1 aliphatic carbocycles. The smallest absolute Gasteiger partial charge is 0.264 e. The second-order valence-corrected chi connectivity index (χ2v) is 10.3. The molecular formula is C26H27F2N5OS. The minimum absolute atomic E-state index is 0.0617. The van der Waals surface area contributed by atoms with Crippen LogP contribution in [0.4, 0.5) is 14.6 Å². The third-order valence-corrected chi connectivity index (χ3v) is 7.99. The monoisotopic (exact) mass is 495 g/mol. The number of alkyl halides is 2. The summed E-state index contributed by atoms with van der Waals surface area (Å²) in [6.45, 7) is 2.95. The van der Waals surface area contributed by atoms with Gasteiger partial charge in [-0.05, 0) is 48.9 Å². The maximum atomic E-state index is 13.5. The van der Waals surface area contributed by atoms with E-state index in [1.807, 2.05) is 37.3 Å². The molecule has 0 saturated heterocycles. The van der Waals surface area contributed by atoms with Gasteiger partial charge >= 0.3 is 0 Å². The van der Waals surface area contributed by atoms with Gasteiger partial charge < -0.3 is 10.2 Å². The number of hydrogen-bond donors (Lipinski definition) is 1. The van der Waals surface area contributed by atoms with E-state index < -0.39 is 5.92 Å². The molecule has 0 atom stereocenters. The quantitative estimate of drug-likeness (QED) is 0.352. The molecule has 6 nitrogen and oxygen atoms in total. The number of rotatable bonds is 6. The number of halogens is 2. The lowest BCUT2D eigenvalue weighted by atomic mass is 9.87. The lowest BCUT2D eigenvalue weighted by Crippen LogP contribution is -2.28. The highest BCUT2D eigenvalue weighted by Gasteiger charge is 2.34. The summed E-state index contributed by atoms with van der Waals surface area (Å²) in [5.74, 6) is -1.78. The van der Waals surface area contributed by atoms with Crippen LogP contribution in [0.15, 0.2) is 42.9 Å². The lowest BCUT2D eigenvalue weighted by molar-refractivity contribution is -0.0443. The van der Waals surface area contributed by atoms with Gasteiger partial charge in [0, 0.05) is 44.6 Å². The number of nitrogens with zero attached hydrogens (tertiary/aromatic N) is 4. The maximum Gasteiger partial charge on any atom is 0.264 e. The highest BCUT2D eigenvalue weighted by atomic mass is 32.1. The van der Waals surface area contributed by atoms with Gasteiger partial charge in [0.15, 0.2) is 0 Å². The van der Waals surface area contributed by atoms with Gasteiger partial charge in [-0.1, -0.05) is 18.2 Å². The zero-order valence-electron chi connectivity index (χ0n) is 19.7. The number of hydrogen-bond acceptors (Lipinski definition) is 6. The summed E-state index contributed by atoms with van der Waals surface area (Å²) in [4.78, 5) is 29.7. The Morgan fingerprint density at radius 1 is 1.17 bits per heavy atom. The van der Waals surface area contributed by atoms with Gasteiger partial charge in [0.2, 0.25) is 5.92 Å². The molecule has 5 rings (SSSR count). The average Bonchev–Trinajstić information content (AvgIpc) is 3.20.